The maximum absolute atomic E-state index is 13.0. The third kappa shape index (κ3) is 4.81. The van der Waals surface area contributed by atoms with Crippen LogP contribution in [-0.2, 0) is 14.8 Å². The van der Waals surface area contributed by atoms with Gasteiger partial charge in [0.25, 0.3) is 5.91 Å². The Morgan fingerprint density at radius 1 is 1.09 bits per heavy atom. The molecule has 0 saturated carbocycles. The van der Waals surface area contributed by atoms with Crippen LogP contribution in [0.4, 0.5) is 5.13 Å². The molecule has 2 unspecified atom stereocenters. The van der Waals surface area contributed by atoms with E-state index >= 15 is 0 Å². The number of hydrogen-bond acceptors (Lipinski definition) is 8. The Morgan fingerprint density at radius 2 is 1.70 bits per heavy atom. The first kappa shape index (κ1) is 23.4. The van der Waals surface area contributed by atoms with Crippen molar-refractivity contribution >= 4 is 42.6 Å². The lowest BCUT2D eigenvalue weighted by atomic mass is 10.2. The molecular weight excluding hydrogens is 466 g/mol. The molecule has 1 amide bonds. The predicted octanol–water partition coefficient (Wildman–Crippen LogP) is 3.36. The second-order valence-corrected chi connectivity index (χ2v) is 10.7. The molecule has 0 radical (unpaired) electrons. The number of ether oxygens (including phenoxy) is 3. The number of amides is 1. The van der Waals surface area contributed by atoms with Crippen molar-refractivity contribution in [1.82, 2.24) is 9.29 Å². The zero-order valence-corrected chi connectivity index (χ0v) is 20.3. The monoisotopic (exact) mass is 491 g/mol. The number of morpholine rings is 1. The Labute approximate surface area is 196 Å². The van der Waals surface area contributed by atoms with Crippen LogP contribution in [-0.4, -0.2) is 63.1 Å². The molecule has 1 aliphatic rings. The first-order chi connectivity index (χ1) is 15.7. The molecule has 33 heavy (non-hydrogen) atoms. The van der Waals surface area contributed by atoms with Gasteiger partial charge in [-0.15, -0.1) is 0 Å². The summed E-state index contributed by atoms with van der Waals surface area (Å²) >= 11 is 1.30. The molecule has 1 aromatic heterocycles. The van der Waals surface area contributed by atoms with Gasteiger partial charge in [0.05, 0.1) is 41.5 Å². The van der Waals surface area contributed by atoms with E-state index in [9.17, 15) is 13.2 Å². The molecule has 176 valence electrons. The number of fused-ring (bicyclic) bond motifs is 1. The lowest BCUT2D eigenvalue weighted by Gasteiger charge is -2.34. The molecule has 1 aliphatic heterocycles. The number of rotatable bonds is 6. The summed E-state index contributed by atoms with van der Waals surface area (Å²) in [6, 6.07) is 9.43. The van der Waals surface area contributed by atoms with Gasteiger partial charge in [0, 0.05) is 30.8 Å². The van der Waals surface area contributed by atoms with E-state index in [-0.39, 0.29) is 23.0 Å². The van der Waals surface area contributed by atoms with Crippen LogP contribution < -0.4 is 14.8 Å². The number of anilines is 1. The molecule has 0 spiro atoms. The van der Waals surface area contributed by atoms with Crippen molar-refractivity contribution in [2.45, 2.75) is 31.0 Å². The number of methoxy groups -OCH3 is 2. The Hall–Kier alpha value is -2.73. The number of carbonyl (C=O) groups excluding carboxylic acids is 1. The van der Waals surface area contributed by atoms with Gasteiger partial charge in [-0.2, -0.15) is 4.31 Å². The molecule has 0 bridgehead atoms. The highest BCUT2D eigenvalue weighted by atomic mass is 32.2. The van der Waals surface area contributed by atoms with Crippen molar-refractivity contribution in [2.75, 3.05) is 32.6 Å². The summed E-state index contributed by atoms with van der Waals surface area (Å²) in [6.45, 7) is 4.28. The first-order valence-corrected chi connectivity index (χ1v) is 12.6. The fraction of sp³-hybridized carbons (Fsp3) is 0.364. The van der Waals surface area contributed by atoms with Crippen LogP contribution in [0.5, 0.6) is 11.5 Å². The van der Waals surface area contributed by atoms with E-state index < -0.39 is 10.0 Å². The Bertz CT molecular complexity index is 1220. The van der Waals surface area contributed by atoms with Crippen LogP contribution in [0, 0.1) is 0 Å². The van der Waals surface area contributed by atoms with Crippen molar-refractivity contribution < 1.29 is 27.4 Å². The third-order valence-electron chi connectivity index (χ3n) is 5.25. The summed E-state index contributed by atoms with van der Waals surface area (Å²) in [7, 11) is -0.575. The topological polar surface area (TPSA) is 107 Å². The van der Waals surface area contributed by atoms with Gasteiger partial charge in [0.15, 0.2) is 16.6 Å². The zero-order chi connectivity index (χ0) is 23.8. The van der Waals surface area contributed by atoms with Crippen LogP contribution in [0.25, 0.3) is 10.2 Å². The molecule has 2 atom stereocenters. The van der Waals surface area contributed by atoms with Gasteiger partial charge in [-0.3, -0.25) is 10.1 Å². The number of sulfonamides is 1. The van der Waals surface area contributed by atoms with Gasteiger partial charge >= 0.3 is 0 Å². The van der Waals surface area contributed by atoms with Crippen molar-refractivity contribution in [3.8, 4) is 11.5 Å². The fourth-order valence-corrected chi connectivity index (χ4v) is 6.19. The molecular formula is C22H25N3O6S2. The average Bonchev–Trinajstić information content (AvgIpc) is 3.18. The minimum absolute atomic E-state index is 0.138. The lowest BCUT2D eigenvalue weighted by Crippen LogP contribution is -2.48. The second kappa shape index (κ2) is 9.26. The number of aromatic nitrogens is 1. The van der Waals surface area contributed by atoms with E-state index in [0.29, 0.717) is 40.8 Å². The number of thiazole rings is 1. The average molecular weight is 492 g/mol. The molecule has 2 aromatic carbocycles. The molecule has 1 N–H and O–H groups in total. The third-order valence-corrected chi connectivity index (χ3v) is 8.03. The largest absolute Gasteiger partial charge is 0.493 e. The van der Waals surface area contributed by atoms with E-state index in [2.05, 4.69) is 10.3 Å². The first-order valence-electron chi connectivity index (χ1n) is 10.3. The standard InChI is InChI=1S/C22H25N3O6S2/c1-13-11-25(12-14(2)31-13)33(27,28)16-7-5-15(6-8-16)21(26)24-22-23-17-9-18(29-3)19(30-4)10-20(17)32-22/h5-10,13-14H,11-12H2,1-4H3,(H,23,24,26). The Morgan fingerprint density at radius 3 is 2.30 bits per heavy atom. The molecule has 1 saturated heterocycles. The van der Waals surface area contributed by atoms with Gasteiger partial charge in [-0.05, 0) is 38.1 Å². The molecule has 4 rings (SSSR count). The summed E-state index contributed by atoms with van der Waals surface area (Å²) in [5.74, 6) is 0.743. The number of nitrogens with zero attached hydrogens (tertiary/aromatic N) is 2. The summed E-state index contributed by atoms with van der Waals surface area (Å²) in [6.07, 6.45) is -0.357. The van der Waals surface area contributed by atoms with E-state index in [1.54, 1.807) is 26.4 Å². The van der Waals surface area contributed by atoms with Crippen LogP contribution in [0.2, 0.25) is 0 Å². The maximum atomic E-state index is 13.0. The summed E-state index contributed by atoms with van der Waals surface area (Å²) in [4.78, 5) is 17.3. The van der Waals surface area contributed by atoms with Gasteiger partial charge in [0.2, 0.25) is 10.0 Å². The lowest BCUT2D eigenvalue weighted by molar-refractivity contribution is -0.0440. The minimum atomic E-state index is -3.67. The Balaban J connectivity index is 1.50. The molecule has 3 aromatic rings. The van der Waals surface area contributed by atoms with E-state index in [0.717, 1.165) is 4.70 Å². The van der Waals surface area contributed by atoms with Crippen LogP contribution >= 0.6 is 11.3 Å². The van der Waals surface area contributed by atoms with Crippen LogP contribution in [0.3, 0.4) is 0 Å². The van der Waals surface area contributed by atoms with Crippen molar-refractivity contribution in [3.63, 3.8) is 0 Å². The smallest absolute Gasteiger partial charge is 0.257 e. The van der Waals surface area contributed by atoms with Crippen molar-refractivity contribution in [1.29, 1.82) is 0 Å². The zero-order valence-electron chi connectivity index (χ0n) is 18.7. The number of hydrogen-bond donors (Lipinski definition) is 1. The van der Waals surface area contributed by atoms with Crippen LogP contribution in [0.1, 0.15) is 24.2 Å². The van der Waals surface area contributed by atoms with Crippen LogP contribution in [0.15, 0.2) is 41.3 Å². The Kier molecular flexibility index (Phi) is 6.57. The maximum Gasteiger partial charge on any atom is 0.257 e. The van der Waals surface area contributed by atoms with Gasteiger partial charge < -0.3 is 14.2 Å². The summed E-state index contributed by atoms with van der Waals surface area (Å²) in [5, 5.41) is 3.18. The van der Waals surface area contributed by atoms with E-state index in [4.69, 9.17) is 14.2 Å². The molecule has 1 fully saturated rings. The molecule has 9 nitrogen and oxygen atoms in total. The molecule has 11 heteroatoms. The number of carbonyl (C=O) groups is 1. The number of benzene rings is 2. The van der Waals surface area contributed by atoms with Gasteiger partial charge in [-0.1, -0.05) is 11.3 Å². The van der Waals surface area contributed by atoms with E-state index in [1.165, 1.54) is 39.9 Å². The highest BCUT2D eigenvalue weighted by Crippen LogP contribution is 2.36. The van der Waals surface area contributed by atoms with Crippen molar-refractivity contribution in [3.05, 3.63) is 42.0 Å². The minimum Gasteiger partial charge on any atom is -0.493 e. The highest BCUT2D eigenvalue weighted by molar-refractivity contribution is 7.89. The van der Waals surface area contributed by atoms with E-state index in [1.807, 2.05) is 13.8 Å². The van der Waals surface area contributed by atoms with Crippen molar-refractivity contribution in [2.24, 2.45) is 0 Å². The normalized spacial score (nSPS) is 19.4. The second-order valence-electron chi connectivity index (χ2n) is 7.75. The number of nitrogens with one attached hydrogen (secondary N) is 1. The summed E-state index contributed by atoms with van der Waals surface area (Å²) in [5.41, 5.74) is 0.996. The fourth-order valence-electron chi connectivity index (χ4n) is 3.73. The quantitative estimate of drug-likeness (QED) is 0.563. The molecule has 0 aliphatic carbocycles. The van der Waals surface area contributed by atoms with Gasteiger partial charge in [0.1, 0.15) is 0 Å². The SMILES string of the molecule is COc1cc2nc(NC(=O)c3ccc(S(=O)(=O)N4CC(C)OC(C)C4)cc3)sc2cc1OC. The molecule has 2 heterocycles. The summed E-state index contributed by atoms with van der Waals surface area (Å²) < 4.78 is 44.5. The predicted molar refractivity (Wildman–Crippen MR) is 126 cm³/mol. The highest BCUT2D eigenvalue weighted by Gasteiger charge is 2.32. The van der Waals surface area contributed by atoms with Gasteiger partial charge in [-0.25, -0.2) is 13.4 Å².